The maximum Gasteiger partial charge on any atom is 0.345 e. The van der Waals surface area contributed by atoms with Crippen molar-refractivity contribution in [1.29, 1.82) is 0 Å². The van der Waals surface area contributed by atoms with Gasteiger partial charge in [0, 0.05) is 14.1 Å². The van der Waals surface area contributed by atoms with E-state index in [1.54, 1.807) is 18.2 Å². The number of methoxy groups -OCH3 is 2. The minimum Gasteiger partial charge on any atom is -0.465 e. The molecule has 0 saturated carbocycles. The fraction of sp³-hybridized carbons (Fsp3) is 0.333. The molecule has 0 heterocycles. The summed E-state index contributed by atoms with van der Waals surface area (Å²) in [5.74, 6) is -1.45. The lowest BCUT2D eigenvalue weighted by Crippen LogP contribution is -2.15. The van der Waals surface area contributed by atoms with Crippen LogP contribution in [0, 0.1) is 0 Å². The third-order valence-electron chi connectivity index (χ3n) is 1.68. The van der Waals surface area contributed by atoms with Crippen molar-refractivity contribution in [3.05, 3.63) is 36.1 Å². The van der Waals surface area contributed by atoms with Crippen LogP contribution in [-0.2, 0) is 19.1 Å². The van der Waals surface area contributed by atoms with Gasteiger partial charge in [-0.25, -0.2) is 9.59 Å². The number of carbonyl (C=O) groups is 2. The van der Waals surface area contributed by atoms with Crippen LogP contribution in [0.5, 0.6) is 0 Å². The Balaban J connectivity index is 4.71. The van der Waals surface area contributed by atoms with Crippen molar-refractivity contribution in [2.75, 3.05) is 28.3 Å². The van der Waals surface area contributed by atoms with Gasteiger partial charge in [-0.3, -0.25) is 0 Å². The first kappa shape index (κ1) is 15.0. The number of rotatable bonds is 5. The quantitative estimate of drug-likeness (QED) is 0.234. The van der Waals surface area contributed by atoms with E-state index in [2.05, 4.69) is 9.47 Å². The summed E-state index contributed by atoms with van der Waals surface area (Å²) in [4.78, 5) is 24.3. The molecule has 0 aromatic carbocycles. The molecule has 0 rings (SSSR count). The second-order valence-electron chi connectivity index (χ2n) is 3.25. The maximum atomic E-state index is 11.2. The Labute approximate surface area is 101 Å². The molecule has 0 bridgehead atoms. The maximum absolute atomic E-state index is 11.2. The normalized spacial score (nSPS) is 10.4. The predicted molar refractivity (Wildman–Crippen MR) is 64.1 cm³/mol. The third-order valence-corrected chi connectivity index (χ3v) is 1.68. The Morgan fingerprint density at radius 1 is 0.941 bits per heavy atom. The summed E-state index contributed by atoms with van der Waals surface area (Å²) >= 11 is 0. The molecule has 0 N–H and O–H groups in total. The highest BCUT2D eigenvalue weighted by Crippen LogP contribution is 2.01. The van der Waals surface area contributed by atoms with E-state index in [1.165, 1.54) is 20.3 Å². The first-order valence-corrected chi connectivity index (χ1v) is 4.91. The van der Waals surface area contributed by atoms with Crippen molar-refractivity contribution in [3.8, 4) is 0 Å². The monoisotopic (exact) mass is 239 g/mol. The SMILES string of the molecule is COC(=O)C(=CC=CC=CN(C)C)C(=O)OC. The number of allylic oxidation sites excluding steroid dienone is 4. The molecule has 0 radical (unpaired) electrons. The first-order chi connectivity index (χ1) is 8.02. The Morgan fingerprint density at radius 2 is 1.47 bits per heavy atom. The number of carbonyl (C=O) groups excluding carboxylic acids is 2. The Bertz CT molecular complexity index is 336. The minimum absolute atomic E-state index is 0.149. The second-order valence-corrected chi connectivity index (χ2v) is 3.25. The lowest BCUT2D eigenvalue weighted by Gasteiger charge is -2.01. The summed E-state index contributed by atoms with van der Waals surface area (Å²) in [5.41, 5.74) is -0.149. The van der Waals surface area contributed by atoms with Crippen LogP contribution in [0.2, 0.25) is 0 Å². The van der Waals surface area contributed by atoms with Gasteiger partial charge in [0.1, 0.15) is 5.57 Å². The summed E-state index contributed by atoms with van der Waals surface area (Å²) in [7, 11) is 6.17. The summed E-state index contributed by atoms with van der Waals surface area (Å²) < 4.78 is 8.92. The highest BCUT2D eigenvalue weighted by atomic mass is 16.5. The van der Waals surface area contributed by atoms with E-state index in [4.69, 9.17) is 0 Å². The van der Waals surface area contributed by atoms with Crippen molar-refractivity contribution in [2.45, 2.75) is 0 Å². The fourth-order valence-corrected chi connectivity index (χ4v) is 0.877. The first-order valence-electron chi connectivity index (χ1n) is 4.91. The Hall–Kier alpha value is -2.04. The molecule has 0 saturated heterocycles. The van der Waals surface area contributed by atoms with Crippen LogP contribution in [0.15, 0.2) is 36.1 Å². The van der Waals surface area contributed by atoms with Crippen molar-refractivity contribution in [3.63, 3.8) is 0 Å². The highest BCUT2D eigenvalue weighted by Gasteiger charge is 2.18. The van der Waals surface area contributed by atoms with E-state index in [9.17, 15) is 9.59 Å². The van der Waals surface area contributed by atoms with E-state index in [0.717, 1.165) is 0 Å². The molecule has 0 unspecified atom stereocenters. The van der Waals surface area contributed by atoms with Crippen LogP contribution in [-0.4, -0.2) is 45.2 Å². The van der Waals surface area contributed by atoms with Gasteiger partial charge in [-0.05, 0) is 18.4 Å². The summed E-state index contributed by atoms with van der Waals surface area (Å²) in [6.07, 6.45) is 8.18. The van der Waals surface area contributed by atoms with Crippen LogP contribution in [0.1, 0.15) is 0 Å². The van der Waals surface area contributed by atoms with Crippen molar-refractivity contribution in [2.24, 2.45) is 0 Å². The van der Waals surface area contributed by atoms with Crippen LogP contribution in [0.3, 0.4) is 0 Å². The Morgan fingerprint density at radius 3 is 1.88 bits per heavy atom. The van der Waals surface area contributed by atoms with Gasteiger partial charge in [0.05, 0.1) is 14.2 Å². The molecule has 0 aliphatic rings. The van der Waals surface area contributed by atoms with Gasteiger partial charge in [0.2, 0.25) is 0 Å². The van der Waals surface area contributed by atoms with Gasteiger partial charge in [-0.15, -0.1) is 0 Å². The molecule has 0 aromatic heterocycles. The van der Waals surface area contributed by atoms with Gasteiger partial charge in [-0.1, -0.05) is 12.2 Å². The van der Waals surface area contributed by atoms with Crippen LogP contribution >= 0.6 is 0 Å². The third kappa shape index (κ3) is 6.19. The van der Waals surface area contributed by atoms with Gasteiger partial charge < -0.3 is 14.4 Å². The van der Waals surface area contributed by atoms with Crippen LogP contribution in [0.4, 0.5) is 0 Å². The molecule has 0 fully saturated rings. The predicted octanol–water partition coefficient (Wildman–Crippen LogP) is 0.890. The summed E-state index contributed by atoms with van der Waals surface area (Å²) in [5, 5.41) is 0. The molecule has 94 valence electrons. The van der Waals surface area contributed by atoms with E-state index in [1.807, 2.05) is 25.2 Å². The second kappa shape index (κ2) is 8.15. The summed E-state index contributed by atoms with van der Waals surface area (Å²) in [6.45, 7) is 0. The molecule has 17 heavy (non-hydrogen) atoms. The highest BCUT2D eigenvalue weighted by molar-refractivity contribution is 6.14. The topological polar surface area (TPSA) is 55.8 Å². The zero-order chi connectivity index (χ0) is 13.3. The van der Waals surface area contributed by atoms with Gasteiger partial charge in [0.25, 0.3) is 0 Å². The van der Waals surface area contributed by atoms with E-state index >= 15 is 0 Å². The lowest BCUT2D eigenvalue weighted by atomic mass is 10.2. The van der Waals surface area contributed by atoms with E-state index < -0.39 is 11.9 Å². The molecule has 0 aliphatic carbocycles. The molecule has 0 amide bonds. The Kier molecular flexibility index (Phi) is 7.17. The zero-order valence-electron chi connectivity index (χ0n) is 10.5. The molecular formula is C12H17NO4. The van der Waals surface area contributed by atoms with E-state index in [0.29, 0.717) is 0 Å². The number of hydrogen-bond donors (Lipinski definition) is 0. The fourth-order valence-electron chi connectivity index (χ4n) is 0.877. The molecule has 5 heteroatoms. The number of hydrogen-bond acceptors (Lipinski definition) is 5. The van der Waals surface area contributed by atoms with Gasteiger partial charge >= 0.3 is 11.9 Å². The summed E-state index contributed by atoms with van der Waals surface area (Å²) in [6, 6.07) is 0. The molecule has 0 spiro atoms. The molecule has 0 aromatic rings. The van der Waals surface area contributed by atoms with Gasteiger partial charge in [0.15, 0.2) is 0 Å². The average molecular weight is 239 g/mol. The number of esters is 2. The standard InChI is InChI=1S/C12H17NO4/c1-13(2)9-7-5-6-8-10(11(14)16-3)12(15)17-4/h5-9H,1-4H3. The lowest BCUT2D eigenvalue weighted by molar-refractivity contribution is -0.144. The van der Waals surface area contributed by atoms with Crippen molar-refractivity contribution in [1.82, 2.24) is 4.90 Å². The number of ether oxygens (including phenoxy) is 2. The zero-order valence-corrected chi connectivity index (χ0v) is 10.5. The van der Waals surface area contributed by atoms with Crippen molar-refractivity contribution < 1.29 is 19.1 Å². The minimum atomic E-state index is -0.724. The molecular weight excluding hydrogens is 222 g/mol. The van der Waals surface area contributed by atoms with E-state index in [-0.39, 0.29) is 5.57 Å². The number of nitrogens with zero attached hydrogens (tertiary/aromatic N) is 1. The van der Waals surface area contributed by atoms with Crippen LogP contribution < -0.4 is 0 Å². The smallest absolute Gasteiger partial charge is 0.345 e. The van der Waals surface area contributed by atoms with Crippen molar-refractivity contribution >= 4 is 11.9 Å². The largest absolute Gasteiger partial charge is 0.465 e. The molecule has 5 nitrogen and oxygen atoms in total. The molecule has 0 aliphatic heterocycles. The average Bonchev–Trinajstić information content (AvgIpc) is 2.31. The van der Waals surface area contributed by atoms with Gasteiger partial charge in [-0.2, -0.15) is 0 Å². The van der Waals surface area contributed by atoms with Crippen LogP contribution in [0.25, 0.3) is 0 Å². The molecule has 0 atom stereocenters.